The number of carbonyl (C=O) groups is 1. The average molecular weight is 461 g/mol. The van der Waals surface area contributed by atoms with E-state index in [0.29, 0.717) is 5.52 Å². The van der Waals surface area contributed by atoms with Gasteiger partial charge in [0, 0.05) is 43.7 Å². The SMILES string of the molecule is NS(=O)(=O)c1cnc(N2CCCC(F)(F)CC2)c(NC(=O)c2cnc3ccccc3c2)c1. The minimum absolute atomic E-state index is 0.00905. The number of nitrogens with one attached hydrogen (secondary N) is 1. The molecule has 1 saturated heterocycles. The van der Waals surface area contributed by atoms with Gasteiger partial charge < -0.3 is 10.2 Å². The first-order valence-corrected chi connectivity index (χ1v) is 11.5. The van der Waals surface area contributed by atoms with Crippen LogP contribution in [0.3, 0.4) is 0 Å². The largest absolute Gasteiger partial charge is 0.355 e. The smallest absolute Gasteiger partial charge is 0.257 e. The van der Waals surface area contributed by atoms with Gasteiger partial charge in [-0.3, -0.25) is 9.78 Å². The molecule has 1 amide bonds. The zero-order valence-electron chi connectivity index (χ0n) is 17.0. The number of amides is 1. The Morgan fingerprint density at radius 2 is 1.88 bits per heavy atom. The van der Waals surface area contributed by atoms with Crippen molar-refractivity contribution in [1.82, 2.24) is 9.97 Å². The van der Waals surface area contributed by atoms with Crippen LogP contribution >= 0.6 is 0 Å². The summed E-state index contributed by atoms with van der Waals surface area (Å²) in [6.45, 7) is 0.298. The number of halogens is 2. The van der Waals surface area contributed by atoms with E-state index >= 15 is 0 Å². The Bertz CT molecular complexity index is 1280. The van der Waals surface area contributed by atoms with Gasteiger partial charge in [0.15, 0.2) is 5.82 Å². The predicted molar refractivity (Wildman–Crippen MR) is 116 cm³/mol. The molecule has 11 heteroatoms. The van der Waals surface area contributed by atoms with E-state index in [-0.39, 0.29) is 54.3 Å². The van der Waals surface area contributed by atoms with Gasteiger partial charge in [0.05, 0.1) is 16.8 Å². The van der Waals surface area contributed by atoms with Gasteiger partial charge in [-0.2, -0.15) is 0 Å². The number of primary sulfonamides is 1. The Morgan fingerprint density at radius 1 is 1.09 bits per heavy atom. The number of hydrogen-bond donors (Lipinski definition) is 2. The lowest BCUT2D eigenvalue weighted by molar-refractivity contribution is -0.0102. The highest BCUT2D eigenvalue weighted by atomic mass is 32.2. The lowest BCUT2D eigenvalue weighted by Crippen LogP contribution is -2.28. The van der Waals surface area contributed by atoms with E-state index in [9.17, 15) is 22.0 Å². The number of anilines is 2. The van der Waals surface area contributed by atoms with Crippen LogP contribution in [0.1, 0.15) is 29.6 Å². The fourth-order valence-electron chi connectivity index (χ4n) is 3.60. The second-order valence-electron chi connectivity index (χ2n) is 7.65. The number of para-hydroxylation sites is 1. The van der Waals surface area contributed by atoms with E-state index in [0.717, 1.165) is 11.6 Å². The molecule has 0 spiro atoms. The van der Waals surface area contributed by atoms with Crippen LogP contribution in [0.2, 0.25) is 0 Å². The molecule has 8 nitrogen and oxygen atoms in total. The number of nitrogens with two attached hydrogens (primary N) is 1. The molecule has 0 aliphatic carbocycles. The monoisotopic (exact) mass is 461 g/mol. The number of benzene rings is 1. The van der Waals surface area contributed by atoms with Gasteiger partial charge in [-0.15, -0.1) is 0 Å². The minimum atomic E-state index is -4.09. The molecule has 4 rings (SSSR count). The van der Waals surface area contributed by atoms with E-state index in [1.165, 1.54) is 12.3 Å². The number of carbonyl (C=O) groups excluding carboxylic acids is 1. The number of aromatic nitrogens is 2. The van der Waals surface area contributed by atoms with Gasteiger partial charge in [0.25, 0.3) is 5.91 Å². The number of pyridine rings is 2. The number of sulfonamides is 1. The van der Waals surface area contributed by atoms with E-state index < -0.39 is 21.9 Å². The molecule has 0 saturated carbocycles. The van der Waals surface area contributed by atoms with E-state index in [4.69, 9.17) is 5.14 Å². The van der Waals surface area contributed by atoms with Crippen molar-refractivity contribution in [2.75, 3.05) is 23.3 Å². The summed E-state index contributed by atoms with van der Waals surface area (Å²) >= 11 is 0. The molecule has 3 aromatic rings. The summed E-state index contributed by atoms with van der Waals surface area (Å²) in [5, 5.41) is 8.62. The highest BCUT2D eigenvalue weighted by Crippen LogP contribution is 2.33. The fourth-order valence-corrected chi connectivity index (χ4v) is 4.09. The van der Waals surface area contributed by atoms with Gasteiger partial charge in [-0.05, 0) is 24.6 Å². The van der Waals surface area contributed by atoms with Gasteiger partial charge >= 0.3 is 0 Å². The molecule has 0 unspecified atom stereocenters. The molecule has 1 fully saturated rings. The molecular weight excluding hydrogens is 440 g/mol. The van der Waals surface area contributed by atoms with Crippen LogP contribution in [-0.4, -0.2) is 43.3 Å². The molecule has 1 aromatic carbocycles. The van der Waals surface area contributed by atoms with Crippen molar-refractivity contribution >= 4 is 38.3 Å². The summed E-state index contributed by atoms with van der Waals surface area (Å²) in [5.74, 6) is -3.12. The summed E-state index contributed by atoms with van der Waals surface area (Å²) < 4.78 is 51.3. The molecule has 0 bridgehead atoms. The molecule has 2 aromatic heterocycles. The number of nitrogens with zero attached hydrogens (tertiary/aromatic N) is 3. The maximum absolute atomic E-state index is 13.8. The lowest BCUT2D eigenvalue weighted by atomic mass is 10.1. The van der Waals surface area contributed by atoms with E-state index in [2.05, 4.69) is 15.3 Å². The van der Waals surface area contributed by atoms with Gasteiger partial charge in [-0.1, -0.05) is 18.2 Å². The normalized spacial score (nSPS) is 16.5. The third-order valence-electron chi connectivity index (χ3n) is 5.29. The van der Waals surface area contributed by atoms with Crippen LogP contribution in [0.15, 0.2) is 53.7 Å². The highest BCUT2D eigenvalue weighted by molar-refractivity contribution is 7.89. The second kappa shape index (κ2) is 8.40. The summed E-state index contributed by atoms with van der Waals surface area (Å²) in [5.41, 5.74) is 1.03. The number of fused-ring (bicyclic) bond motifs is 1. The minimum Gasteiger partial charge on any atom is -0.355 e. The van der Waals surface area contributed by atoms with Crippen molar-refractivity contribution in [2.45, 2.75) is 30.1 Å². The molecule has 0 atom stereocenters. The first-order valence-electron chi connectivity index (χ1n) is 9.94. The number of rotatable bonds is 4. The van der Waals surface area contributed by atoms with Crippen LogP contribution in [0, 0.1) is 0 Å². The maximum Gasteiger partial charge on any atom is 0.257 e. The Labute approximate surface area is 183 Å². The van der Waals surface area contributed by atoms with Crippen LogP contribution in [0.5, 0.6) is 0 Å². The second-order valence-corrected chi connectivity index (χ2v) is 9.22. The molecule has 0 radical (unpaired) electrons. The number of hydrogen-bond acceptors (Lipinski definition) is 6. The summed E-state index contributed by atoms with van der Waals surface area (Å²) in [7, 11) is -4.09. The molecule has 3 heterocycles. The Kier molecular flexibility index (Phi) is 5.78. The molecule has 32 heavy (non-hydrogen) atoms. The zero-order valence-corrected chi connectivity index (χ0v) is 17.8. The molecule has 1 aliphatic rings. The van der Waals surface area contributed by atoms with Crippen molar-refractivity contribution in [1.29, 1.82) is 0 Å². The Hall–Kier alpha value is -3.18. The van der Waals surface area contributed by atoms with Crippen molar-refractivity contribution < 1.29 is 22.0 Å². The Morgan fingerprint density at radius 3 is 2.66 bits per heavy atom. The van der Waals surface area contributed by atoms with Crippen molar-refractivity contribution in [3.8, 4) is 0 Å². The lowest BCUT2D eigenvalue weighted by Gasteiger charge is -2.24. The van der Waals surface area contributed by atoms with Gasteiger partial charge in [0.2, 0.25) is 15.9 Å². The van der Waals surface area contributed by atoms with Crippen LogP contribution in [-0.2, 0) is 10.0 Å². The fraction of sp³-hybridized carbons (Fsp3) is 0.286. The van der Waals surface area contributed by atoms with Crippen LogP contribution in [0.25, 0.3) is 10.9 Å². The Balaban J connectivity index is 1.69. The summed E-state index contributed by atoms with van der Waals surface area (Å²) in [6, 6.07) is 10.1. The zero-order chi connectivity index (χ0) is 22.9. The van der Waals surface area contributed by atoms with Gasteiger partial charge in [0.1, 0.15) is 4.90 Å². The van der Waals surface area contributed by atoms with Gasteiger partial charge in [-0.25, -0.2) is 27.3 Å². The topological polar surface area (TPSA) is 118 Å². The summed E-state index contributed by atoms with van der Waals surface area (Å²) in [6.07, 6.45) is 2.08. The molecule has 168 valence electrons. The first-order chi connectivity index (χ1) is 15.1. The number of alkyl halides is 2. The highest BCUT2D eigenvalue weighted by Gasteiger charge is 2.33. The third kappa shape index (κ3) is 4.83. The summed E-state index contributed by atoms with van der Waals surface area (Å²) in [4.78, 5) is 22.6. The standard InChI is InChI=1S/C21H21F2N5O3S/c22-21(23)6-3-8-28(9-7-21)19-18(11-16(13-26-19)32(24,30)31)27-20(29)15-10-14-4-1-2-5-17(14)25-12-15/h1-2,4-5,10-13H,3,6-9H2,(H,27,29)(H2,24,30,31). The van der Waals surface area contributed by atoms with Crippen LogP contribution in [0.4, 0.5) is 20.3 Å². The molecule has 1 aliphatic heterocycles. The molecular formula is C21H21F2N5O3S. The quantitative estimate of drug-likeness (QED) is 0.616. The molecule has 3 N–H and O–H groups in total. The van der Waals surface area contributed by atoms with E-state index in [1.807, 2.05) is 24.3 Å². The van der Waals surface area contributed by atoms with Crippen molar-refractivity contribution in [3.63, 3.8) is 0 Å². The predicted octanol–water partition coefficient (Wildman–Crippen LogP) is 3.16. The average Bonchev–Trinajstić information content (AvgIpc) is 2.93. The van der Waals surface area contributed by atoms with E-state index in [1.54, 1.807) is 11.0 Å². The van der Waals surface area contributed by atoms with Crippen molar-refractivity contribution in [2.24, 2.45) is 5.14 Å². The first kappa shape index (κ1) is 22.0. The maximum atomic E-state index is 13.8. The van der Waals surface area contributed by atoms with Crippen LogP contribution < -0.4 is 15.4 Å². The third-order valence-corrected chi connectivity index (χ3v) is 6.17. The van der Waals surface area contributed by atoms with Crippen molar-refractivity contribution in [3.05, 3.63) is 54.4 Å².